The van der Waals surface area contributed by atoms with Gasteiger partial charge < -0.3 is 15.3 Å². The number of hydrogen-bond donors (Lipinski definition) is 2. The maximum absolute atomic E-state index is 12.5. The van der Waals surface area contributed by atoms with Gasteiger partial charge in [0.1, 0.15) is 0 Å². The predicted molar refractivity (Wildman–Crippen MR) is 79.5 cm³/mol. The fourth-order valence-corrected chi connectivity index (χ4v) is 2.61. The monoisotopic (exact) mass is 290 g/mol. The lowest BCUT2D eigenvalue weighted by atomic mass is 9.95. The Hall–Kier alpha value is -1.88. The summed E-state index contributed by atoms with van der Waals surface area (Å²) in [5.41, 5.74) is 1.16. The molecule has 1 aliphatic heterocycles. The Morgan fingerprint density at radius 2 is 2.05 bits per heavy atom. The van der Waals surface area contributed by atoms with Crippen molar-refractivity contribution in [1.29, 1.82) is 0 Å². The van der Waals surface area contributed by atoms with E-state index in [2.05, 4.69) is 5.32 Å². The summed E-state index contributed by atoms with van der Waals surface area (Å²) in [6.45, 7) is 1.39. The van der Waals surface area contributed by atoms with E-state index in [0.717, 1.165) is 12.0 Å². The van der Waals surface area contributed by atoms with E-state index in [4.69, 9.17) is 5.11 Å². The highest BCUT2D eigenvalue weighted by molar-refractivity contribution is 5.86. The van der Waals surface area contributed by atoms with Gasteiger partial charge >= 0.3 is 0 Å². The Kier molecular flexibility index (Phi) is 5.75. The van der Waals surface area contributed by atoms with Crippen LogP contribution in [0.5, 0.6) is 0 Å². The minimum absolute atomic E-state index is 0.0187. The minimum Gasteiger partial charge on any atom is -0.395 e. The highest BCUT2D eigenvalue weighted by atomic mass is 16.3. The van der Waals surface area contributed by atoms with Crippen molar-refractivity contribution in [1.82, 2.24) is 10.2 Å². The Balaban J connectivity index is 1.94. The van der Waals surface area contributed by atoms with Crippen LogP contribution in [-0.4, -0.2) is 48.1 Å². The number of nitrogens with zero attached hydrogens (tertiary/aromatic N) is 1. The number of hydrogen-bond acceptors (Lipinski definition) is 3. The number of carbonyl (C=O) groups is 2. The fraction of sp³-hybridized carbons (Fsp3) is 0.500. The molecule has 0 saturated carbocycles. The molecule has 1 unspecified atom stereocenters. The molecule has 1 heterocycles. The Bertz CT molecular complexity index is 476. The second-order valence-corrected chi connectivity index (χ2v) is 5.32. The third kappa shape index (κ3) is 4.56. The third-order valence-corrected chi connectivity index (χ3v) is 3.79. The molecule has 1 aliphatic rings. The normalized spacial score (nSPS) is 18.1. The van der Waals surface area contributed by atoms with Gasteiger partial charge in [0.15, 0.2) is 0 Å². The number of rotatable bonds is 6. The second kappa shape index (κ2) is 7.78. The van der Waals surface area contributed by atoms with Crippen molar-refractivity contribution in [3.05, 3.63) is 35.9 Å². The van der Waals surface area contributed by atoms with Crippen molar-refractivity contribution in [2.75, 3.05) is 26.2 Å². The molecule has 21 heavy (non-hydrogen) atoms. The molecule has 5 heteroatoms. The standard InChI is InChI=1S/C16H22N2O3/c19-11-10-18(9-7-13-4-2-1-3-5-13)16(21)14-6-8-17-15(20)12-14/h1-5,14,19H,6-12H2,(H,17,20). The lowest BCUT2D eigenvalue weighted by Gasteiger charge is -2.29. The highest BCUT2D eigenvalue weighted by Gasteiger charge is 2.28. The van der Waals surface area contributed by atoms with Crippen molar-refractivity contribution in [3.8, 4) is 0 Å². The van der Waals surface area contributed by atoms with Gasteiger partial charge in [-0.15, -0.1) is 0 Å². The molecule has 2 amide bonds. The number of aliphatic hydroxyl groups excluding tert-OH is 1. The van der Waals surface area contributed by atoms with Crippen molar-refractivity contribution >= 4 is 11.8 Å². The van der Waals surface area contributed by atoms with Crippen LogP contribution in [0.25, 0.3) is 0 Å². The van der Waals surface area contributed by atoms with Gasteiger partial charge in [-0.3, -0.25) is 9.59 Å². The number of benzene rings is 1. The number of amides is 2. The molecule has 1 saturated heterocycles. The Morgan fingerprint density at radius 1 is 1.29 bits per heavy atom. The van der Waals surface area contributed by atoms with Gasteiger partial charge in [-0.05, 0) is 18.4 Å². The van der Waals surface area contributed by atoms with Crippen LogP contribution in [0.15, 0.2) is 30.3 Å². The molecular formula is C16H22N2O3. The van der Waals surface area contributed by atoms with Crippen LogP contribution in [0.3, 0.4) is 0 Å². The van der Waals surface area contributed by atoms with Crippen LogP contribution in [0.1, 0.15) is 18.4 Å². The number of piperidine rings is 1. The van der Waals surface area contributed by atoms with E-state index in [1.807, 2.05) is 30.3 Å². The van der Waals surface area contributed by atoms with E-state index in [-0.39, 0.29) is 30.8 Å². The minimum atomic E-state index is -0.249. The molecule has 0 aliphatic carbocycles. The van der Waals surface area contributed by atoms with Crippen LogP contribution in [0, 0.1) is 5.92 Å². The zero-order valence-electron chi connectivity index (χ0n) is 12.1. The second-order valence-electron chi connectivity index (χ2n) is 5.32. The van der Waals surface area contributed by atoms with Crippen molar-refractivity contribution in [3.63, 3.8) is 0 Å². The summed E-state index contributed by atoms with van der Waals surface area (Å²) < 4.78 is 0. The van der Waals surface area contributed by atoms with E-state index in [0.29, 0.717) is 26.1 Å². The molecule has 2 rings (SSSR count). The smallest absolute Gasteiger partial charge is 0.226 e. The predicted octanol–water partition coefficient (Wildman–Crippen LogP) is 0.576. The zero-order valence-corrected chi connectivity index (χ0v) is 12.1. The van der Waals surface area contributed by atoms with E-state index in [1.165, 1.54) is 0 Å². The van der Waals surface area contributed by atoms with Gasteiger partial charge in [-0.1, -0.05) is 30.3 Å². The molecular weight excluding hydrogens is 268 g/mol. The SMILES string of the molecule is O=C1CC(C(=O)N(CCO)CCc2ccccc2)CCN1. The van der Waals surface area contributed by atoms with Crippen LogP contribution in [0.4, 0.5) is 0 Å². The number of nitrogens with one attached hydrogen (secondary N) is 1. The molecule has 0 spiro atoms. The van der Waals surface area contributed by atoms with E-state index in [1.54, 1.807) is 4.90 Å². The molecule has 0 aromatic heterocycles. The molecule has 1 aromatic rings. The van der Waals surface area contributed by atoms with Gasteiger partial charge in [0.05, 0.1) is 6.61 Å². The number of aliphatic hydroxyl groups is 1. The summed E-state index contributed by atoms with van der Waals surface area (Å²) in [6.07, 6.45) is 1.69. The molecule has 1 fully saturated rings. The van der Waals surface area contributed by atoms with Crippen LogP contribution in [-0.2, 0) is 16.0 Å². The van der Waals surface area contributed by atoms with Crippen LogP contribution < -0.4 is 5.32 Å². The first-order valence-corrected chi connectivity index (χ1v) is 7.41. The Morgan fingerprint density at radius 3 is 2.71 bits per heavy atom. The first-order valence-electron chi connectivity index (χ1n) is 7.41. The number of carbonyl (C=O) groups excluding carboxylic acids is 2. The molecule has 5 nitrogen and oxygen atoms in total. The lowest BCUT2D eigenvalue weighted by Crippen LogP contribution is -2.44. The molecule has 1 aromatic carbocycles. The summed E-state index contributed by atoms with van der Waals surface area (Å²) >= 11 is 0. The van der Waals surface area contributed by atoms with Crippen LogP contribution in [0.2, 0.25) is 0 Å². The Labute approximate surface area is 125 Å². The summed E-state index contributed by atoms with van der Waals surface area (Å²) in [6, 6.07) is 9.95. The van der Waals surface area contributed by atoms with Crippen LogP contribution >= 0.6 is 0 Å². The van der Waals surface area contributed by atoms with E-state index < -0.39 is 0 Å². The van der Waals surface area contributed by atoms with Gasteiger partial charge in [-0.2, -0.15) is 0 Å². The van der Waals surface area contributed by atoms with E-state index >= 15 is 0 Å². The summed E-state index contributed by atoms with van der Waals surface area (Å²) in [4.78, 5) is 25.6. The van der Waals surface area contributed by atoms with Crippen molar-refractivity contribution < 1.29 is 14.7 Å². The molecule has 0 radical (unpaired) electrons. The van der Waals surface area contributed by atoms with Crippen molar-refractivity contribution in [2.45, 2.75) is 19.3 Å². The molecule has 114 valence electrons. The third-order valence-electron chi connectivity index (χ3n) is 3.79. The fourth-order valence-electron chi connectivity index (χ4n) is 2.61. The summed E-state index contributed by atoms with van der Waals surface area (Å²) in [5.74, 6) is -0.331. The molecule has 0 bridgehead atoms. The maximum Gasteiger partial charge on any atom is 0.226 e. The molecule has 1 atom stereocenters. The van der Waals surface area contributed by atoms with Gasteiger partial charge in [-0.25, -0.2) is 0 Å². The highest BCUT2D eigenvalue weighted by Crippen LogP contribution is 2.16. The maximum atomic E-state index is 12.5. The van der Waals surface area contributed by atoms with Crippen molar-refractivity contribution in [2.24, 2.45) is 5.92 Å². The largest absolute Gasteiger partial charge is 0.395 e. The van der Waals surface area contributed by atoms with Gasteiger partial charge in [0.2, 0.25) is 11.8 Å². The molecule has 2 N–H and O–H groups in total. The first-order chi connectivity index (χ1) is 10.2. The van der Waals surface area contributed by atoms with E-state index in [9.17, 15) is 9.59 Å². The average molecular weight is 290 g/mol. The average Bonchev–Trinajstić information content (AvgIpc) is 2.52. The first kappa shape index (κ1) is 15.5. The summed E-state index contributed by atoms with van der Waals surface area (Å²) in [7, 11) is 0. The topological polar surface area (TPSA) is 69.6 Å². The van der Waals surface area contributed by atoms with Gasteiger partial charge in [0, 0.05) is 32.0 Å². The lowest BCUT2D eigenvalue weighted by molar-refractivity contribution is -0.140. The summed E-state index contributed by atoms with van der Waals surface area (Å²) in [5, 5.41) is 11.9. The quantitative estimate of drug-likeness (QED) is 0.805. The van der Waals surface area contributed by atoms with Gasteiger partial charge in [0.25, 0.3) is 0 Å². The zero-order chi connectivity index (χ0) is 15.1.